The Balaban J connectivity index is 2.01. The highest BCUT2D eigenvalue weighted by Gasteiger charge is 2.38. The van der Waals surface area contributed by atoms with Crippen molar-refractivity contribution in [2.24, 2.45) is 0 Å². The molecule has 0 aromatic rings. The van der Waals surface area contributed by atoms with Crippen molar-refractivity contribution < 1.29 is 4.43 Å². The molecule has 2 aliphatic heterocycles. The van der Waals surface area contributed by atoms with E-state index in [1.165, 1.54) is 55.9 Å². The van der Waals surface area contributed by atoms with Crippen molar-refractivity contribution in [3.05, 3.63) is 12.2 Å². The molecular weight excluding hydrogens is 250 g/mol. The molecule has 3 heteroatoms. The molecule has 0 bridgehead atoms. The van der Waals surface area contributed by atoms with Gasteiger partial charge in [0.1, 0.15) is 0 Å². The molecule has 110 valence electrons. The third-order valence-electron chi connectivity index (χ3n) is 5.42. The minimum absolute atomic E-state index is 0.353. The quantitative estimate of drug-likeness (QED) is 0.553. The lowest BCUT2D eigenvalue weighted by molar-refractivity contribution is 0.0682. The van der Waals surface area contributed by atoms with Crippen LogP contribution in [-0.4, -0.2) is 38.5 Å². The van der Waals surface area contributed by atoms with Crippen LogP contribution < -0.4 is 0 Å². The fraction of sp³-hybridized carbons (Fsp3) is 0.875. The summed E-state index contributed by atoms with van der Waals surface area (Å²) in [5, 5.41) is 0. The predicted octanol–water partition coefficient (Wildman–Crippen LogP) is 4.19. The average molecular weight is 282 g/mol. The number of fused-ring (bicyclic) bond motifs is 1. The second-order valence-corrected chi connectivity index (χ2v) is 11.1. The number of hydrogen-bond acceptors (Lipinski definition) is 2. The molecule has 2 nitrogen and oxygen atoms in total. The van der Waals surface area contributed by atoms with Crippen molar-refractivity contribution in [2.45, 2.75) is 76.7 Å². The summed E-state index contributed by atoms with van der Waals surface area (Å²) in [5.74, 6) is 0. The molecule has 0 amide bonds. The number of rotatable bonds is 5. The third kappa shape index (κ3) is 3.31. The summed E-state index contributed by atoms with van der Waals surface area (Å²) in [7, 11) is -1.48. The third-order valence-corrected chi connectivity index (χ3v) is 10.1. The van der Waals surface area contributed by atoms with Crippen LogP contribution >= 0.6 is 0 Å². The highest BCUT2D eigenvalue weighted by Crippen LogP contribution is 2.33. The molecule has 2 atom stereocenters. The van der Waals surface area contributed by atoms with E-state index in [0.29, 0.717) is 6.10 Å². The summed E-state index contributed by atoms with van der Waals surface area (Å²) in [5.41, 5.74) is 1.34. The Bertz CT molecular complexity index is 306. The van der Waals surface area contributed by atoms with E-state index in [0.717, 1.165) is 12.6 Å². The molecule has 2 fully saturated rings. The van der Waals surface area contributed by atoms with Gasteiger partial charge in [0.15, 0.2) is 8.32 Å². The van der Waals surface area contributed by atoms with Gasteiger partial charge in [-0.3, -0.25) is 4.90 Å². The van der Waals surface area contributed by atoms with Gasteiger partial charge in [0, 0.05) is 12.6 Å². The van der Waals surface area contributed by atoms with Gasteiger partial charge in [-0.25, -0.2) is 0 Å². The molecule has 0 aliphatic carbocycles. The van der Waals surface area contributed by atoms with E-state index < -0.39 is 8.32 Å². The lowest BCUT2D eigenvalue weighted by Crippen LogP contribution is -2.51. The summed E-state index contributed by atoms with van der Waals surface area (Å²) in [4.78, 5) is 2.64. The normalized spacial score (nSPS) is 29.3. The summed E-state index contributed by atoms with van der Waals surface area (Å²) < 4.78 is 6.70. The van der Waals surface area contributed by atoms with E-state index in [1.807, 2.05) is 0 Å². The Hall–Kier alpha value is -0.123. The fourth-order valence-corrected chi connectivity index (χ4v) is 6.61. The topological polar surface area (TPSA) is 12.5 Å². The minimum Gasteiger partial charge on any atom is -0.410 e. The Morgan fingerprint density at radius 3 is 2.53 bits per heavy atom. The second-order valence-electron chi connectivity index (χ2n) is 6.36. The van der Waals surface area contributed by atoms with Crippen LogP contribution in [-0.2, 0) is 4.43 Å². The molecule has 0 radical (unpaired) electrons. The molecule has 0 N–H and O–H groups in total. The van der Waals surface area contributed by atoms with Crippen LogP contribution in [0.25, 0.3) is 0 Å². The predicted molar refractivity (Wildman–Crippen MR) is 85.0 cm³/mol. The molecule has 2 saturated heterocycles. The molecule has 2 aliphatic rings. The van der Waals surface area contributed by atoms with Gasteiger partial charge < -0.3 is 4.43 Å². The van der Waals surface area contributed by atoms with Gasteiger partial charge in [-0.1, -0.05) is 33.8 Å². The van der Waals surface area contributed by atoms with E-state index in [2.05, 4.69) is 32.3 Å². The molecule has 0 spiro atoms. The van der Waals surface area contributed by atoms with Gasteiger partial charge in [0.05, 0.1) is 6.10 Å². The lowest BCUT2D eigenvalue weighted by atomic mass is 9.89. The average Bonchev–Trinajstić information content (AvgIpc) is 2.45. The number of nitrogens with zero attached hydrogens (tertiary/aromatic N) is 1. The molecular formula is C16H31NOSi. The van der Waals surface area contributed by atoms with E-state index in [-0.39, 0.29) is 0 Å². The van der Waals surface area contributed by atoms with Crippen LogP contribution in [0.2, 0.25) is 18.1 Å². The maximum absolute atomic E-state index is 6.70. The molecule has 2 heterocycles. The van der Waals surface area contributed by atoms with Gasteiger partial charge >= 0.3 is 0 Å². The number of hydrogen-bond donors (Lipinski definition) is 0. The SMILES string of the molecule is C=C1CN2CCCC[C@H]2C[C@@H]1O[Si](CC)(CC)CC. The molecule has 0 aromatic heterocycles. The van der Waals surface area contributed by atoms with Gasteiger partial charge in [0.2, 0.25) is 0 Å². The van der Waals surface area contributed by atoms with E-state index in [1.54, 1.807) is 0 Å². The van der Waals surface area contributed by atoms with Crippen LogP contribution in [0.15, 0.2) is 12.2 Å². The Labute approximate surface area is 120 Å². The molecule has 2 rings (SSSR count). The molecule has 0 unspecified atom stereocenters. The zero-order valence-electron chi connectivity index (χ0n) is 13.1. The van der Waals surface area contributed by atoms with Gasteiger partial charge in [-0.2, -0.15) is 0 Å². The first-order valence-corrected chi connectivity index (χ1v) is 10.8. The zero-order valence-corrected chi connectivity index (χ0v) is 14.1. The van der Waals surface area contributed by atoms with E-state index in [4.69, 9.17) is 4.43 Å². The van der Waals surface area contributed by atoms with Crippen molar-refractivity contribution in [2.75, 3.05) is 13.1 Å². The summed E-state index contributed by atoms with van der Waals surface area (Å²) in [6.45, 7) is 13.6. The first-order chi connectivity index (χ1) is 9.14. The first kappa shape index (κ1) is 15.3. The number of piperidine rings is 2. The molecule has 19 heavy (non-hydrogen) atoms. The van der Waals surface area contributed by atoms with Gasteiger partial charge in [-0.05, 0) is 49.5 Å². The standard InChI is InChI=1S/C16H31NOSi/c1-5-19(6-2,7-3)18-16-12-15-10-8-9-11-17(15)13-14(16)4/h15-16H,4-13H2,1-3H3/t15-,16-/m0/s1. The van der Waals surface area contributed by atoms with E-state index in [9.17, 15) is 0 Å². The lowest BCUT2D eigenvalue weighted by Gasteiger charge is -2.46. The van der Waals surface area contributed by atoms with E-state index >= 15 is 0 Å². The second kappa shape index (κ2) is 6.55. The summed E-state index contributed by atoms with van der Waals surface area (Å²) in [6.07, 6.45) is 5.69. The zero-order chi connectivity index (χ0) is 13.9. The minimum atomic E-state index is -1.48. The molecule has 0 aromatic carbocycles. The maximum atomic E-state index is 6.70. The van der Waals surface area contributed by atoms with Gasteiger partial charge in [0.25, 0.3) is 0 Å². The van der Waals surface area contributed by atoms with Crippen LogP contribution in [0.4, 0.5) is 0 Å². The summed E-state index contributed by atoms with van der Waals surface area (Å²) in [6, 6.07) is 4.51. The van der Waals surface area contributed by atoms with Crippen molar-refractivity contribution in [1.82, 2.24) is 4.90 Å². The molecule has 0 saturated carbocycles. The monoisotopic (exact) mass is 281 g/mol. The Kier molecular flexibility index (Phi) is 5.27. The highest BCUT2D eigenvalue weighted by atomic mass is 28.4. The smallest absolute Gasteiger partial charge is 0.192 e. The van der Waals surface area contributed by atoms with Crippen LogP contribution in [0, 0.1) is 0 Å². The van der Waals surface area contributed by atoms with Gasteiger partial charge in [-0.15, -0.1) is 0 Å². The fourth-order valence-electron chi connectivity index (χ4n) is 3.74. The Morgan fingerprint density at radius 2 is 1.89 bits per heavy atom. The van der Waals surface area contributed by atoms with Crippen LogP contribution in [0.5, 0.6) is 0 Å². The first-order valence-electron chi connectivity index (χ1n) is 8.23. The van der Waals surface area contributed by atoms with Crippen molar-refractivity contribution in [3.8, 4) is 0 Å². The summed E-state index contributed by atoms with van der Waals surface area (Å²) >= 11 is 0. The maximum Gasteiger partial charge on any atom is 0.192 e. The van der Waals surface area contributed by atoms with Crippen molar-refractivity contribution >= 4 is 8.32 Å². The highest BCUT2D eigenvalue weighted by molar-refractivity contribution is 6.73. The van der Waals surface area contributed by atoms with Crippen LogP contribution in [0.1, 0.15) is 46.5 Å². The van der Waals surface area contributed by atoms with Crippen LogP contribution in [0.3, 0.4) is 0 Å². The largest absolute Gasteiger partial charge is 0.410 e. The Morgan fingerprint density at radius 1 is 1.21 bits per heavy atom. The van der Waals surface area contributed by atoms with Crippen molar-refractivity contribution in [1.29, 1.82) is 0 Å². The van der Waals surface area contributed by atoms with Crippen molar-refractivity contribution in [3.63, 3.8) is 0 Å².